The molecule has 0 bridgehead atoms. The van der Waals surface area contributed by atoms with E-state index >= 15 is 0 Å². The van der Waals surface area contributed by atoms with Crippen LogP contribution in [0.1, 0.15) is 9.67 Å². The third kappa shape index (κ3) is 3.44. The second kappa shape index (κ2) is 6.73. The van der Waals surface area contributed by atoms with Crippen LogP contribution in [0.25, 0.3) is 0 Å². The van der Waals surface area contributed by atoms with Gasteiger partial charge in [-0.1, -0.05) is 6.07 Å². The van der Waals surface area contributed by atoms with E-state index in [1.807, 2.05) is 0 Å². The lowest BCUT2D eigenvalue weighted by atomic mass is 10.2. The number of sulfonamides is 1. The summed E-state index contributed by atoms with van der Waals surface area (Å²) in [7, 11) is -2.80. The SMILES string of the molecule is COC(=O)c1sccc1S(=O)(=O)Nc1cccc(N2CCOC2=O)c1. The molecule has 8 nitrogen and oxygen atoms in total. The lowest BCUT2D eigenvalue weighted by Crippen LogP contribution is -2.23. The number of nitrogens with zero attached hydrogens (tertiary/aromatic N) is 1. The largest absolute Gasteiger partial charge is 0.465 e. The molecule has 132 valence electrons. The first-order valence-electron chi connectivity index (χ1n) is 7.15. The summed E-state index contributed by atoms with van der Waals surface area (Å²) in [6.45, 7) is 0.679. The molecule has 10 heteroatoms. The van der Waals surface area contributed by atoms with Crippen molar-refractivity contribution in [2.24, 2.45) is 0 Å². The molecule has 0 unspecified atom stereocenters. The number of rotatable bonds is 5. The molecule has 1 saturated heterocycles. The maximum Gasteiger partial charge on any atom is 0.414 e. The maximum atomic E-state index is 12.6. The van der Waals surface area contributed by atoms with Crippen LogP contribution in [0.3, 0.4) is 0 Å². The van der Waals surface area contributed by atoms with Gasteiger partial charge in [0.15, 0.2) is 0 Å². The number of hydrogen-bond acceptors (Lipinski definition) is 7. The van der Waals surface area contributed by atoms with Gasteiger partial charge in [0.2, 0.25) is 0 Å². The van der Waals surface area contributed by atoms with Crippen molar-refractivity contribution in [1.82, 2.24) is 0 Å². The van der Waals surface area contributed by atoms with E-state index in [2.05, 4.69) is 9.46 Å². The zero-order valence-electron chi connectivity index (χ0n) is 13.1. The van der Waals surface area contributed by atoms with E-state index in [0.29, 0.717) is 12.2 Å². The van der Waals surface area contributed by atoms with E-state index in [0.717, 1.165) is 11.3 Å². The molecule has 2 aromatic rings. The second-order valence-corrected chi connectivity index (χ2v) is 7.59. The molecule has 1 aromatic heterocycles. The number of esters is 1. The van der Waals surface area contributed by atoms with Gasteiger partial charge >= 0.3 is 12.1 Å². The van der Waals surface area contributed by atoms with Gasteiger partial charge in [0, 0.05) is 5.69 Å². The summed E-state index contributed by atoms with van der Waals surface area (Å²) in [4.78, 5) is 24.6. The Morgan fingerprint density at radius 1 is 1.36 bits per heavy atom. The number of hydrogen-bond donors (Lipinski definition) is 1. The highest BCUT2D eigenvalue weighted by molar-refractivity contribution is 7.93. The standard InChI is InChI=1S/C15H14N2O6S2/c1-22-14(18)13-12(5-8-24-13)25(20,21)16-10-3-2-4-11(9-10)17-6-7-23-15(17)19/h2-5,8-9,16H,6-7H2,1H3. The minimum absolute atomic E-state index is 0.00530. The lowest BCUT2D eigenvalue weighted by molar-refractivity contribution is 0.0602. The van der Waals surface area contributed by atoms with Crippen molar-refractivity contribution in [3.8, 4) is 0 Å². The van der Waals surface area contributed by atoms with Gasteiger partial charge in [-0.2, -0.15) is 0 Å². The first kappa shape index (κ1) is 17.2. The number of carbonyl (C=O) groups excluding carboxylic acids is 2. The molecule has 1 aromatic carbocycles. The number of cyclic esters (lactones) is 1. The molecular formula is C15H14N2O6S2. The summed E-state index contributed by atoms with van der Waals surface area (Å²) in [5.41, 5.74) is 0.778. The predicted molar refractivity (Wildman–Crippen MR) is 91.6 cm³/mol. The van der Waals surface area contributed by atoms with Gasteiger partial charge in [-0.05, 0) is 29.6 Å². The highest BCUT2D eigenvalue weighted by Gasteiger charge is 2.26. The third-order valence-corrected chi connectivity index (χ3v) is 5.91. The zero-order chi connectivity index (χ0) is 18.0. The molecule has 2 heterocycles. The Hall–Kier alpha value is -2.59. The summed E-state index contributed by atoms with van der Waals surface area (Å²) in [5, 5.41) is 1.50. The van der Waals surface area contributed by atoms with Crippen molar-refractivity contribution >= 4 is 44.8 Å². The number of methoxy groups -OCH3 is 1. The molecule has 1 aliphatic rings. The normalized spacial score (nSPS) is 14.3. The Morgan fingerprint density at radius 3 is 2.84 bits per heavy atom. The predicted octanol–water partition coefficient (Wildman–Crippen LogP) is 2.29. The number of benzene rings is 1. The van der Waals surface area contributed by atoms with Crippen molar-refractivity contribution in [3.05, 3.63) is 40.6 Å². The number of anilines is 2. The highest BCUT2D eigenvalue weighted by Crippen LogP contribution is 2.27. The monoisotopic (exact) mass is 382 g/mol. The van der Waals surface area contributed by atoms with E-state index < -0.39 is 22.1 Å². The smallest absolute Gasteiger partial charge is 0.414 e. The van der Waals surface area contributed by atoms with Crippen molar-refractivity contribution in [2.45, 2.75) is 4.90 Å². The summed E-state index contributed by atoms with van der Waals surface area (Å²) in [6.07, 6.45) is -0.481. The fraction of sp³-hybridized carbons (Fsp3) is 0.200. The Balaban J connectivity index is 1.88. The fourth-order valence-corrected chi connectivity index (χ4v) is 4.71. The van der Waals surface area contributed by atoms with Gasteiger partial charge in [0.05, 0.1) is 19.3 Å². The number of carbonyl (C=O) groups is 2. The first-order valence-corrected chi connectivity index (χ1v) is 9.51. The summed E-state index contributed by atoms with van der Waals surface area (Å²) in [5.74, 6) is -0.719. The summed E-state index contributed by atoms with van der Waals surface area (Å²) < 4.78 is 37.1. The van der Waals surface area contributed by atoms with Crippen molar-refractivity contribution in [1.29, 1.82) is 0 Å². The summed E-state index contributed by atoms with van der Waals surface area (Å²) in [6, 6.07) is 7.70. The third-order valence-electron chi connectivity index (χ3n) is 3.46. The van der Waals surface area contributed by atoms with E-state index in [4.69, 9.17) is 4.74 Å². The molecule has 1 aliphatic heterocycles. The minimum Gasteiger partial charge on any atom is -0.465 e. The molecule has 0 saturated carbocycles. The molecule has 0 atom stereocenters. The fourth-order valence-electron chi connectivity index (χ4n) is 2.33. The van der Waals surface area contributed by atoms with E-state index in [1.165, 1.54) is 29.5 Å². The molecule has 25 heavy (non-hydrogen) atoms. The van der Waals surface area contributed by atoms with Crippen molar-refractivity contribution in [3.63, 3.8) is 0 Å². The topological polar surface area (TPSA) is 102 Å². The van der Waals surface area contributed by atoms with Crippen molar-refractivity contribution < 1.29 is 27.5 Å². The maximum absolute atomic E-state index is 12.6. The quantitative estimate of drug-likeness (QED) is 0.796. The number of amides is 1. The first-order chi connectivity index (χ1) is 11.9. The molecular weight excluding hydrogens is 368 g/mol. The number of nitrogens with one attached hydrogen (secondary N) is 1. The van der Waals surface area contributed by atoms with Gasteiger partial charge < -0.3 is 9.47 Å². The highest BCUT2D eigenvalue weighted by atomic mass is 32.2. The Morgan fingerprint density at radius 2 is 2.16 bits per heavy atom. The van der Waals surface area contributed by atoms with Gasteiger partial charge in [0.25, 0.3) is 10.0 Å². The van der Waals surface area contributed by atoms with Crippen LogP contribution in [0, 0.1) is 0 Å². The van der Waals surface area contributed by atoms with Crippen LogP contribution in [-0.4, -0.2) is 40.7 Å². The van der Waals surface area contributed by atoms with Gasteiger partial charge in [0.1, 0.15) is 16.4 Å². The molecule has 1 amide bonds. The zero-order valence-corrected chi connectivity index (χ0v) is 14.7. The average molecular weight is 382 g/mol. The molecule has 0 radical (unpaired) electrons. The van der Waals surface area contributed by atoms with E-state index in [9.17, 15) is 18.0 Å². The van der Waals surface area contributed by atoms with Crippen LogP contribution >= 0.6 is 11.3 Å². The Kier molecular flexibility index (Phi) is 4.64. The molecule has 1 N–H and O–H groups in total. The number of thiophene rings is 1. The molecule has 0 spiro atoms. The van der Waals surface area contributed by atoms with Gasteiger partial charge in [-0.3, -0.25) is 9.62 Å². The Labute approximate surface area is 148 Å². The molecule has 1 fully saturated rings. The van der Waals surface area contributed by atoms with Crippen LogP contribution < -0.4 is 9.62 Å². The van der Waals surface area contributed by atoms with Crippen LogP contribution in [0.15, 0.2) is 40.6 Å². The number of ether oxygens (including phenoxy) is 2. The minimum atomic E-state index is -3.98. The van der Waals surface area contributed by atoms with Crippen LogP contribution in [0.5, 0.6) is 0 Å². The lowest BCUT2D eigenvalue weighted by Gasteiger charge is -2.14. The van der Waals surface area contributed by atoms with Crippen LogP contribution in [-0.2, 0) is 19.5 Å². The molecule has 0 aliphatic carbocycles. The van der Waals surface area contributed by atoms with Crippen LogP contribution in [0.4, 0.5) is 16.2 Å². The van der Waals surface area contributed by atoms with E-state index in [-0.39, 0.29) is 22.1 Å². The van der Waals surface area contributed by atoms with Gasteiger partial charge in [-0.15, -0.1) is 11.3 Å². The summed E-state index contributed by atoms with van der Waals surface area (Å²) >= 11 is 0.980. The second-order valence-electron chi connectivity index (χ2n) is 5.03. The van der Waals surface area contributed by atoms with Crippen LogP contribution in [0.2, 0.25) is 0 Å². The average Bonchev–Trinajstić information content (AvgIpc) is 3.23. The van der Waals surface area contributed by atoms with E-state index in [1.54, 1.807) is 18.2 Å². The van der Waals surface area contributed by atoms with Crippen molar-refractivity contribution in [2.75, 3.05) is 29.9 Å². The Bertz CT molecular complexity index is 922. The molecule has 3 rings (SSSR count). The van der Waals surface area contributed by atoms with Gasteiger partial charge in [-0.25, -0.2) is 18.0 Å².